The molecule has 0 atom stereocenters. The van der Waals surface area contributed by atoms with E-state index in [1.165, 1.54) is 14.2 Å². The number of aliphatic hydroxyl groups is 1. The molecule has 22 heavy (non-hydrogen) atoms. The number of benzene rings is 1. The van der Waals surface area contributed by atoms with Crippen LogP contribution < -0.4 is 5.32 Å². The summed E-state index contributed by atoms with van der Waals surface area (Å²) >= 11 is 5.60. The largest absolute Gasteiger partial charge is 0.465 e. The molecule has 0 aliphatic heterocycles. The summed E-state index contributed by atoms with van der Waals surface area (Å²) < 4.78 is 10.6. The van der Waals surface area contributed by atoms with Gasteiger partial charge in [-0.15, -0.1) is 0 Å². The molecule has 1 aromatic carbocycles. The van der Waals surface area contributed by atoms with Gasteiger partial charge in [-0.25, -0.2) is 9.59 Å². The van der Waals surface area contributed by atoms with Gasteiger partial charge in [0.25, 0.3) is 0 Å². The van der Waals surface area contributed by atoms with Gasteiger partial charge in [0.15, 0.2) is 0 Å². The van der Waals surface area contributed by atoms with Gasteiger partial charge in [0.1, 0.15) is 6.61 Å². The summed E-state index contributed by atoms with van der Waals surface area (Å²) in [5.74, 6) is -1.95. The lowest BCUT2D eigenvalue weighted by Gasteiger charge is -2.17. The summed E-state index contributed by atoms with van der Waals surface area (Å²) in [6.07, 6.45) is 0. The van der Waals surface area contributed by atoms with Crippen molar-refractivity contribution in [2.75, 3.05) is 26.1 Å². The SMILES string of the molecule is COC(=O)c1c(I)c(NC(=O)CO)c(I)c(C(=O)OC)c1I. The molecular weight excluding hydrogens is 635 g/mol. The number of esters is 2. The van der Waals surface area contributed by atoms with Crippen LogP contribution in [0.5, 0.6) is 0 Å². The Balaban J connectivity index is 3.73. The second-order valence-electron chi connectivity index (χ2n) is 3.76. The van der Waals surface area contributed by atoms with Gasteiger partial charge >= 0.3 is 11.9 Å². The molecule has 0 aliphatic rings. The average Bonchev–Trinajstić information content (AvgIpc) is 2.50. The second kappa shape index (κ2) is 8.58. The van der Waals surface area contributed by atoms with Crippen LogP contribution in [0.15, 0.2) is 0 Å². The molecule has 0 aromatic heterocycles. The van der Waals surface area contributed by atoms with E-state index in [4.69, 9.17) is 14.6 Å². The number of rotatable bonds is 4. The number of carbonyl (C=O) groups is 3. The molecule has 0 saturated heterocycles. The van der Waals surface area contributed by atoms with Crippen molar-refractivity contribution >= 4 is 91.3 Å². The molecule has 0 heterocycles. The lowest BCUT2D eigenvalue weighted by Crippen LogP contribution is -2.22. The van der Waals surface area contributed by atoms with E-state index in [1.807, 2.05) is 67.8 Å². The highest BCUT2D eigenvalue weighted by atomic mass is 127. The van der Waals surface area contributed by atoms with Crippen LogP contribution in [0.4, 0.5) is 5.69 Å². The number of carbonyl (C=O) groups excluding carboxylic acids is 3. The van der Waals surface area contributed by atoms with E-state index in [0.29, 0.717) is 10.7 Å². The summed E-state index contributed by atoms with van der Waals surface area (Å²) in [7, 11) is 2.44. The van der Waals surface area contributed by atoms with Gasteiger partial charge < -0.3 is 19.9 Å². The Morgan fingerprint density at radius 3 is 1.68 bits per heavy atom. The van der Waals surface area contributed by atoms with E-state index in [0.717, 1.165) is 0 Å². The molecule has 7 nitrogen and oxygen atoms in total. The van der Waals surface area contributed by atoms with Gasteiger partial charge in [-0.05, 0) is 67.8 Å². The molecular formula is C12H10I3NO6. The third-order valence-electron chi connectivity index (χ3n) is 2.50. The number of halogens is 3. The van der Waals surface area contributed by atoms with E-state index >= 15 is 0 Å². The summed E-state index contributed by atoms with van der Waals surface area (Å²) in [5.41, 5.74) is 0.553. The van der Waals surface area contributed by atoms with Crippen molar-refractivity contribution in [3.05, 3.63) is 21.8 Å². The van der Waals surface area contributed by atoms with Gasteiger partial charge in [0, 0.05) is 3.57 Å². The number of hydrogen-bond acceptors (Lipinski definition) is 6. The summed E-state index contributed by atoms with van der Waals surface area (Å²) in [6.45, 7) is -0.723. The van der Waals surface area contributed by atoms with Crippen molar-refractivity contribution in [1.29, 1.82) is 0 Å². The van der Waals surface area contributed by atoms with E-state index in [1.54, 1.807) is 0 Å². The zero-order chi connectivity index (χ0) is 17.0. The van der Waals surface area contributed by atoms with Gasteiger partial charge in [0.05, 0.1) is 38.2 Å². The Hall–Kier alpha value is -0.220. The molecule has 0 unspecified atom stereocenters. The molecule has 1 amide bonds. The molecule has 0 aliphatic carbocycles. The third-order valence-corrected chi connectivity index (χ3v) is 5.74. The van der Waals surface area contributed by atoms with Crippen LogP contribution in [0, 0.1) is 10.7 Å². The molecule has 0 saturated carbocycles. The fourth-order valence-corrected chi connectivity index (χ4v) is 5.83. The molecule has 120 valence electrons. The Labute approximate surface area is 166 Å². The Morgan fingerprint density at radius 2 is 1.36 bits per heavy atom. The Bertz CT molecular complexity index is 603. The zero-order valence-corrected chi connectivity index (χ0v) is 17.8. The lowest BCUT2D eigenvalue weighted by molar-refractivity contribution is -0.118. The van der Waals surface area contributed by atoms with Crippen LogP contribution in [0.25, 0.3) is 0 Å². The number of anilines is 1. The van der Waals surface area contributed by atoms with Gasteiger partial charge in [-0.3, -0.25) is 4.79 Å². The Kier molecular flexibility index (Phi) is 7.73. The first kappa shape index (κ1) is 19.8. The summed E-state index contributed by atoms with van der Waals surface area (Å²) in [4.78, 5) is 35.4. The van der Waals surface area contributed by atoms with Crippen LogP contribution >= 0.6 is 67.8 Å². The first-order chi connectivity index (χ1) is 10.3. The summed E-state index contributed by atoms with van der Waals surface area (Å²) in [6, 6.07) is 0. The molecule has 2 N–H and O–H groups in total. The molecule has 0 fully saturated rings. The molecule has 0 radical (unpaired) electrons. The first-order valence-electron chi connectivity index (χ1n) is 5.57. The number of aliphatic hydroxyl groups excluding tert-OH is 1. The second-order valence-corrected chi connectivity index (χ2v) is 6.99. The number of nitrogens with one attached hydrogen (secondary N) is 1. The van der Waals surface area contributed by atoms with Crippen molar-refractivity contribution in [3.63, 3.8) is 0 Å². The van der Waals surface area contributed by atoms with Gasteiger partial charge in [-0.1, -0.05) is 0 Å². The van der Waals surface area contributed by atoms with Crippen LogP contribution in [0.2, 0.25) is 0 Å². The van der Waals surface area contributed by atoms with E-state index in [2.05, 4.69) is 5.32 Å². The van der Waals surface area contributed by atoms with Crippen LogP contribution in [0.1, 0.15) is 20.7 Å². The molecule has 0 bridgehead atoms. The fourth-order valence-electron chi connectivity index (χ4n) is 1.52. The minimum atomic E-state index is -0.723. The number of hydrogen-bond donors (Lipinski definition) is 2. The fraction of sp³-hybridized carbons (Fsp3) is 0.250. The predicted molar refractivity (Wildman–Crippen MR) is 103 cm³/mol. The zero-order valence-electron chi connectivity index (χ0n) is 11.3. The van der Waals surface area contributed by atoms with Crippen molar-refractivity contribution in [3.8, 4) is 0 Å². The molecule has 1 aromatic rings. The molecule has 10 heteroatoms. The van der Waals surface area contributed by atoms with Crippen molar-refractivity contribution in [1.82, 2.24) is 0 Å². The summed E-state index contributed by atoms with van der Waals surface area (Å²) in [5, 5.41) is 11.4. The standard InChI is InChI=1S/C12H10I3NO6/c1-21-11(19)5-7(13)6(12(20)22-2)9(15)10(8(5)14)16-4(18)3-17/h17H,3H2,1-2H3,(H,16,18). The van der Waals surface area contributed by atoms with Crippen molar-refractivity contribution < 1.29 is 29.0 Å². The van der Waals surface area contributed by atoms with Crippen LogP contribution in [0.3, 0.4) is 0 Å². The van der Waals surface area contributed by atoms with Crippen LogP contribution in [-0.2, 0) is 14.3 Å². The van der Waals surface area contributed by atoms with Crippen LogP contribution in [-0.4, -0.2) is 43.8 Å². The maximum Gasteiger partial charge on any atom is 0.340 e. The Morgan fingerprint density at radius 1 is 0.955 bits per heavy atom. The lowest BCUT2D eigenvalue weighted by atomic mass is 10.1. The normalized spacial score (nSPS) is 10.1. The number of methoxy groups -OCH3 is 2. The highest BCUT2D eigenvalue weighted by molar-refractivity contribution is 14.1. The topological polar surface area (TPSA) is 102 Å². The highest BCUT2D eigenvalue weighted by Gasteiger charge is 2.29. The number of ether oxygens (including phenoxy) is 2. The maximum atomic E-state index is 12.0. The predicted octanol–water partition coefficient (Wildman–Crippen LogP) is 2.00. The highest BCUT2D eigenvalue weighted by Crippen LogP contribution is 2.36. The third kappa shape index (κ3) is 4.00. The molecule has 0 spiro atoms. The van der Waals surface area contributed by atoms with Crippen molar-refractivity contribution in [2.24, 2.45) is 0 Å². The maximum absolute atomic E-state index is 12.0. The van der Waals surface area contributed by atoms with E-state index in [9.17, 15) is 14.4 Å². The minimum Gasteiger partial charge on any atom is -0.465 e. The van der Waals surface area contributed by atoms with E-state index in [-0.39, 0.29) is 16.8 Å². The molecule has 1 rings (SSSR count). The monoisotopic (exact) mass is 645 g/mol. The minimum absolute atomic E-state index is 0.151. The smallest absolute Gasteiger partial charge is 0.340 e. The first-order valence-corrected chi connectivity index (χ1v) is 8.81. The van der Waals surface area contributed by atoms with Crippen molar-refractivity contribution in [2.45, 2.75) is 0 Å². The quantitative estimate of drug-likeness (QED) is 0.384. The van der Waals surface area contributed by atoms with Gasteiger partial charge in [-0.2, -0.15) is 0 Å². The van der Waals surface area contributed by atoms with E-state index < -0.39 is 24.5 Å². The van der Waals surface area contributed by atoms with Gasteiger partial charge in [0.2, 0.25) is 5.91 Å². The average molecular weight is 645 g/mol. The number of amides is 1.